The van der Waals surface area contributed by atoms with Gasteiger partial charge in [0.05, 0.1) is 0 Å². The van der Waals surface area contributed by atoms with Crippen LogP contribution in [0.15, 0.2) is 0 Å². The molecule has 2 heterocycles. The first-order valence-corrected chi connectivity index (χ1v) is 3.51. The Labute approximate surface area is 50.7 Å². The lowest BCUT2D eigenvalue weighted by Crippen LogP contribution is -2.26. The molecule has 0 aromatic carbocycles. The second-order valence-electron chi connectivity index (χ2n) is 2.87. The smallest absolute Gasteiger partial charge is 0.00129 e. The zero-order chi connectivity index (χ0) is 5.40. The number of hydrogen-bond donors (Lipinski definition) is 0. The molecule has 0 aromatic heterocycles. The topological polar surface area (TPSA) is 3.24 Å². The minimum Gasteiger partial charge on any atom is -0.303 e. The fourth-order valence-electron chi connectivity index (χ4n) is 1.75. The highest BCUT2D eigenvalue weighted by Gasteiger charge is 2.25. The molecule has 0 spiro atoms. The first kappa shape index (κ1) is 4.80. The van der Waals surface area contributed by atoms with Crippen LogP contribution < -0.4 is 0 Å². The van der Waals surface area contributed by atoms with Crippen LogP contribution in [0.2, 0.25) is 0 Å². The maximum absolute atomic E-state index is 2.56. The summed E-state index contributed by atoms with van der Waals surface area (Å²) in [6.45, 7) is 4.05. The van der Waals surface area contributed by atoms with Gasteiger partial charge in [0, 0.05) is 6.54 Å². The van der Waals surface area contributed by atoms with E-state index in [1.54, 1.807) is 0 Å². The summed E-state index contributed by atoms with van der Waals surface area (Å²) in [5.74, 6) is 0.962. The fourth-order valence-corrected chi connectivity index (χ4v) is 1.75. The maximum atomic E-state index is 2.56. The molecule has 0 amide bonds. The van der Waals surface area contributed by atoms with Crippen molar-refractivity contribution in [3.8, 4) is 0 Å². The summed E-state index contributed by atoms with van der Waals surface area (Å²) in [6.07, 6.45) is 5.26. The van der Waals surface area contributed by atoms with Crippen LogP contribution in [0.25, 0.3) is 0 Å². The Morgan fingerprint density at radius 1 is 1.38 bits per heavy atom. The number of fused-ring (bicyclic) bond motifs is 2. The van der Waals surface area contributed by atoms with Gasteiger partial charge in [-0.2, -0.15) is 0 Å². The lowest BCUT2D eigenvalue weighted by atomic mass is 10.0. The van der Waals surface area contributed by atoms with Crippen molar-refractivity contribution in [3.63, 3.8) is 0 Å². The Balaban J connectivity index is 2.03. The normalized spacial score (nSPS) is 45.0. The van der Waals surface area contributed by atoms with Crippen molar-refractivity contribution in [2.75, 3.05) is 19.6 Å². The largest absolute Gasteiger partial charge is 0.303 e. The van der Waals surface area contributed by atoms with Crippen LogP contribution in [0, 0.1) is 12.3 Å². The van der Waals surface area contributed by atoms with E-state index >= 15 is 0 Å². The van der Waals surface area contributed by atoms with Crippen molar-refractivity contribution in [1.29, 1.82) is 0 Å². The molecule has 0 aliphatic carbocycles. The molecule has 1 heteroatoms. The van der Waals surface area contributed by atoms with Crippen LogP contribution in [0.1, 0.15) is 12.8 Å². The Kier molecular flexibility index (Phi) is 1.04. The van der Waals surface area contributed by atoms with E-state index in [0.29, 0.717) is 0 Å². The van der Waals surface area contributed by atoms with Crippen molar-refractivity contribution < 1.29 is 0 Å². The predicted molar refractivity (Wildman–Crippen MR) is 33.5 cm³/mol. The standard InChI is InChI=1S/C7H12N/c1-2-7-3-5-8(4-1)6-7/h2,7H,1,3-6H2. The van der Waals surface area contributed by atoms with Crippen LogP contribution in [-0.2, 0) is 0 Å². The van der Waals surface area contributed by atoms with E-state index in [1.165, 1.54) is 32.5 Å². The van der Waals surface area contributed by atoms with Crippen LogP contribution in [0.4, 0.5) is 0 Å². The van der Waals surface area contributed by atoms with Gasteiger partial charge in [-0.15, -0.1) is 0 Å². The van der Waals surface area contributed by atoms with Crippen molar-refractivity contribution in [1.82, 2.24) is 4.90 Å². The zero-order valence-electron chi connectivity index (χ0n) is 5.14. The monoisotopic (exact) mass is 110 g/mol. The molecule has 0 N–H and O–H groups in total. The van der Waals surface area contributed by atoms with Crippen LogP contribution in [-0.4, -0.2) is 24.5 Å². The van der Waals surface area contributed by atoms with Crippen molar-refractivity contribution in [3.05, 3.63) is 6.42 Å². The average Bonchev–Trinajstić information content (AvgIpc) is 2.12. The van der Waals surface area contributed by atoms with E-state index in [4.69, 9.17) is 0 Å². The van der Waals surface area contributed by atoms with E-state index < -0.39 is 0 Å². The van der Waals surface area contributed by atoms with Gasteiger partial charge in [0.15, 0.2) is 0 Å². The quantitative estimate of drug-likeness (QED) is 0.448. The highest BCUT2D eigenvalue weighted by molar-refractivity contribution is 4.90. The third-order valence-electron chi connectivity index (χ3n) is 2.25. The third kappa shape index (κ3) is 0.655. The molecule has 2 saturated heterocycles. The van der Waals surface area contributed by atoms with E-state index in [9.17, 15) is 0 Å². The van der Waals surface area contributed by atoms with Crippen molar-refractivity contribution in [2.45, 2.75) is 12.8 Å². The number of piperidine rings is 1. The zero-order valence-corrected chi connectivity index (χ0v) is 5.14. The number of hydrogen-bond acceptors (Lipinski definition) is 1. The summed E-state index contributed by atoms with van der Waals surface area (Å²) in [4.78, 5) is 2.56. The fraction of sp³-hybridized carbons (Fsp3) is 0.857. The molecule has 2 aliphatic rings. The summed E-state index contributed by atoms with van der Waals surface area (Å²) in [6, 6.07) is 0. The van der Waals surface area contributed by atoms with Gasteiger partial charge in [0.1, 0.15) is 0 Å². The Morgan fingerprint density at radius 3 is 3.12 bits per heavy atom. The molecular weight excluding hydrogens is 98.1 g/mol. The molecule has 1 radical (unpaired) electrons. The van der Waals surface area contributed by atoms with Crippen molar-refractivity contribution >= 4 is 0 Å². The maximum Gasteiger partial charge on any atom is 0.00129 e. The average molecular weight is 110 g/mol. The minimum atomic E-state index is 0.962. The lowest BCUT2D eigenvalue weighted by molar-refractivity contribution is 0.305. The molecule has 2 fully saturated rings. The van der Waals surface area contributed by atoms with Gasteiger partial charge in [-0.05, 0) is 38.3 Å². The minimum absolute atomic E-state index is 0.962. The Hall–Kier alpha value is -0.0400. The van der Waals surface area contributed by atoms with Gasteiger partial charge < -0.3 is 4.90 Å². The molecule has 2 unspecified atom stereocenters. The van der Waals surface area contributed by atoms with Crippen LogP contribution in [0.5, 0.6) is 0 Å². The predicted octanol–water partition coefficient (Wildman–Crippen LogP) is 0.916. The molecule has 0 aromatic rings. The van der Waals surface area contributed by atoms with Crippen LogP contribution in [0.3, 0.4) is 0 Å². The molecule has 2 atom stereocenters. The number of rotatable bonds is 0. The summed E-state index contributed by atoms with van der Waals surface area (Å²) in [5.41, 5.74) is 0. The highest BCUT2D eigenvalue weighted by atomic mass is 15.1. The van der Waals surface area contributed by atoms with Crippen molar-refractivity contribution in [2.24, 2.45) is 5.92 Å². The van der Waals surface area contributed by atoms with Gasteiger partial charge in [-0.1, -0.05) is 0 Å². The summed E-state index contributed by atoms with van der Waals surface area (Å²) < 4.78 is 0. The van der Waals surface area contributed by atoms with Gasteiger partial charge in [-0.25, -0.2) is 0 Å². The van der Waals surface area contributed by atoms with E-state index in [2.05, 4.69) is 11.3 Å². The van der Waals surface area contributed by atoms with Gasteiger partial charge in [-0.3, -0.25) is 0 Å². The molecule has 0 saturated carbocycles. The lowest BCUT2D eigenvalue weighted by Gasteiger charge is -2.20. The van der Waals surface area contributed by atoms with E-state index in [0.717, 1.165) is 5.92 Å². The third-order valence-corrected chi connectivity index (χ3v) is 2.25. The van der Waals surface area contributed by atoms with E-state index in [-0.39, 0.29) is 0 Å². The Morgan fingerprint density at radius 2 is 2.38 bits per heavy atom. The van der Waals surface area contributed by atoms with E-state index in [1.807, 2.05) is 0 Å². The SMILES string of the molecule is [CH]1CCN2CCC1C2. The molecule has 2 aliphatic heterocycles. The summed E-state index contributed by atoms with van der Waals surface area (Å²) in [7, 11) is 0. The molecule has 45 valence electrons. The Bertz CT molecular complexity index is 76.4. The molecule has 8 heavy (non-hydrogen) atoms. The molecule has 2 bridgehead atoms. The second kappa shape index (κ2) is 1.73. The first-order valence-electron chi connectivity index (χ1n) is 3.51. The summed E-state index contributed by atoms with van der Waals surface area (Å²) in [5, 5.41) is 0. The number of nitrogens with zero attached hydrogens (tertiary/aromatic N) is 1. The van der Waals surface area contributed by atoms with Gasteiger partial charge in [0.2, 0.25) is 0 Å². The van der Waals surface area contributed by atoms with Gasteiger partial charge in [0.25, 0.3) is 0 Å². The molecular formula is C7H12N. The highest BCUT2D eigenvalue weighted by Crippen LogP contribution is 2.24. The molecule has 1 nitrogen and oxygen atoms in total. The first-order chi connectivity index (χ1) is 3.95. The van der Waals surface area contributed by atoms with Gasteiger partial charge >= 0.3 is 0 Å². The summed E-state index contributed by atoms with van der Waals surface area (Å²) >= 11 is 0. The van der Waals surface area contributed by atoms with Crippen LogP contribution >= 0.6 is 0 Å². The second-order valence-corrected chi connectivity index (χ2v) is 2.87. The molecule has 2 rings (SSSR count).